The monoisotopic (exact) mass is 230 g/mol. The fourth-order valence-corrected chi connectivity index (χ4v) is 2.08. The van der Waals surface area contributed by atoms with Gasteiger partial charge in [-0.15, -0.1) is 11.3 Å². The first-order valence-corrected chi connectivity index (χ1v) is 5.22. The highest BCUT2D eigenvalue weighted by Crippen LogP contribution is 2.27. The van der Waals surface area contributed by atoms with E-state index in [4.69, 9.17) is 5.53 Å². The van der Waals surface area contributed by atoms with Crippen LogP contribution in [0.3, 0.4) is 0 Å². The molecule has 0 aliphatic heterocycles. The molecule has 0 unspecified atom stereocenters. The van der Waals surface area contributed by atoms with Crippen molar-refractivity contribution in [3.8, 4) is 10.4 Å². The molecule has 0 aliphatic rings. The molecule has 0 N–H and O–H groups in total. The lowest BCUT2D eigenvalue weighted by atomic mass is 10.2. The maximum absolute atomic E-state index is 11.3. The number of rotatable bonds is 2. The van der Waals surface area contributed by atoms with Gasteiger partial charge in [0.25, 0.3) is 5.91 Å². The average molecular weight is 230 g/mol. The van der Waals surface area contributed by atoms with E-state index in [9.17, 15) is 4.79 Å². The Morgan fingerprint density at radius 2 is 2.31 bits per heavy atom. The zero-order valence-corrected chi connectivity index (χ0v) is 8.89. The third kappa shape index (κ3) is 2.08. The average Bonchev–Trinajstić information content (AvgIpc) is 2.80. The van der Waals surface area contributed by atoms with Gasteiger partial charge in [-0.25, -0.2) is 0 Å². The van der Waals surface area contributed by atoms with E-state index in [1.807, 2.05) is 18.2 Å². The Kier molecular flexibility index (Phi) is 2.95. The predicted octanol–water partition coefficient (Wildman–Crippen LogP) is 3.26. The van der Waals surface area contributed by atoms with Crippen molar-refractivity contribution in [2.75, 3.05) is 0 Å². The molecular weight excluding hydrogens is 224 g/mol. The van der Waals surface area contributed by atoms with E-state index < -0.39 is 5.91 Å². The van der Waals surface area contributed by atoms with E-state index in [1.165, 1.54) is 11.3 Å². The van der Waals surface area contributed by atoms with Crippen LogP contribution in [-0.2, 0) is 0 Å². The molecule has 0 fully saturated rings. The van der Waals surface area contributed by atoms with Gasteiger partial charge in [0.2, 0.25) is 0 Å². The van der Waals surface area contributed by atoms with Gasteiger partial charge < -0.3 is 0 Å². The number of carbonyl (C=O) groups excluding carboxylic acids is 1. The summed E-state index contributed by atoms with van der Waals surface area (Å²) in [7, 11) is 0. The van der Waals surface area contributed by atoms with Crippen LogP contribution in [0.5, 0.6) is 0 Å². The highest BCUT2D eigenvalue weighted by Gasteiger charge is 2.08. The number of amides is 1. The molecule has 2 rings (SSSR count). The summed E-state index contributed by atoms with van der Waals surface area (Å²) in [5.74, 6) is -0.553. The van der Waals surface area contributed by atoms with Crippen molar-refractivity contribution in [1.29, 1.82) is 0 Å². The molecule has 2 heterocycles. The normalized spacial score (nSPS) is 9.50. The standard InChI is InChI=1S/C10H6N4OS/c11-14-13-10(15)9-4-3-8(16-9)7-2-1-5-12-6-7/h1-6H. The predicted molar refractivity (Wildman–Crippen MR) is 61.0 cm³/mol. The fraction of sp³-hybridized carbons (Fsp3) is 0. The van der Waals surface area contributed by atoms with Gasteiger partial charge in [-0.1, -0.05) is 6.07 Å². The number of carbonyl (C=O) groups is 1. The van der Waals surface area contributed by atoms with E-state index in [-0.39, 0.29) is 0 Å². The smallest absolute Gasteiger partial charge is 0.259 e. The Morgan fingerprint density at radius 3 is 3.00 bits per heavy atom. The van der Waals surface area contributed by atoms with Crippen molar-refractivity contribution in [3.63, 3.8) is 0 Å². The third-order valence-electron chi connectivity index (χ3n) is 1.90. The lowest BCUT2D eigenvalue weighted by Crippen LogP contribution is -1.86. The number of aromatic nitrogens is 1. The van der Waals surface area contributed by atoms with Gasteiger partial charge in [-0.3, -0.25) is 9.78 Å². The summed E-state index contributed by atoms with van der Waals surface area (Å²) in [6.07, 6.45) is 3.40. The number of azide groups is 1. The molecular formula is C10H6N4OS. The van der Waals surface area contributed by atoms with Crippen LogP contribution in [0.15, 0.2) is 41.8 Å². The summed E-state index contributed by atoms with van der Waals surface area (Å²) in [6.45, 7) is 0. The zero-order chi connectivity index (χ0) is 11.4. The van der Waals surface area contributed by atoms with Crippen molar-refractivity contribution < 1.29 is 4.79 Å². The molecule has 6 heteroatoms. The molecule has 0 radical (unpaired) electrons. The first-order chi connectivity index (χ1) is 7.81. The second-order valence-electron chi connectivity index (χ2n) is 2.90. The van der Waals surface area contributed by atoms with Gasteiger partial charge in [0.1, 0.15) is 0 Å². The van der Waals surface area contributed by atoms with Gasteiger partial charge in [0, 0.05) is 27.7 Å². The Labute approximate surface area is 95.0 Å². The molecule has 0 aliphatic carbocycles. The summed E-state index contributed by atoms with van der Waals surface area (Å²) >= 11 is 1.28. The van der Waals surface area contributed by atoms with Crippen LogP contribution in [0.4, 0.5) is 0 Å². The third-order valence-corrected chi connectivity index (χ3v) is 3.02. The largest absolute Gasteiger partial charge is 0.286 e. The van der Waals surface area contributed by atoms with Crippen LogP contribution in [0.2, 0.25) is 0 Å². The van der Waals surface area contributed by atoms with E-state index in [2.05, 4.69) is 15.0 Å². The number of thiophene rings is 1. The van der Waals surface area contributed by atoms with E-state index in [1.54, 1.807) is 18.5 Å². The van der Waals surface area contributed by atoms with Gasteiger partial charge in [-0.2, -0.15) is 0 Å². The van der Waals surface area contributed by atoms with Gasteiger partial charge in [-0.05, 0) is 28.8 Å². The van der Waals surface area contributed by atoms with Crippen molar-refractivity contribution >= 4 is 17.2 Å². The van der Waals surface area contributed by atoms with Crippen molar-refractivity contribution in [1.82, 2.24) is 4.98 Å². The van der Waals surface area contributed by atoms with Crippen molar-refractivity contribution in [2.45, 2.75) is 0 Å². The lowest BCUT2D eigenvalue weighted by molar-refractivity contribution is 0.100. The molecule has 1 amide bonds. The van der Waals surface area contributed by atoms with Crippen LogP contribution in [0.1, 0.15) is 9.67 Å². The molecule has 2 aromatic rings. The molecule has 0 saturated carbocycles. The Balaban J connectivity index is 2.33. The first kappa shape index (κ1) is 10.4. The molecule has 0 aromatic carbocycles. The van der Waals surface area contributed by atoms with E-state index in [0.717, 1.165) is 10.4 Å². The number of pyridine rings is 1. The summed E-state index contributed by atoms with van der Waals surface area (Å²) in [4.78, 5) is 19.1. The minimum absolute atomic E-state index is 0.427. The molecule has 0 atom stereocenters. The fourth-order valence-electron chi connectivity index (χ4n) is 1.21. The van der Waals surface area contributed by atoms with Crippen LogP contribution in [0, 0.1) is 0 Å². The Hall–Kier alpha value is -2.17. The van der Waals surface area contributed by atoms with E-state index in [0.29, 0.717) is 4.88 Å². The molecule has 5 nitrogen and oxygen atoms in total. The maximum Gasteiger partial charge on any atom is 0.259 e. The van der Waals surface area contributed by atoms with Crippen molar-refractivity contribution in [2.24, 2.45) is 5.11 Å². The Bertz CT molecular complexity index is 557. The van der Waals surface area contributed by atoms with Crippen LogP contribution in [-0.4, -0.2) is 10.9 Å². The van der Waals surface area contributed by atoms with Gasteiger partial charge in [0.05, 0.1) is 4.88 Å². The van der Waals surface area contributed by atoms with Crippen LogP contribution >= 0.6 is 11.3 Å². The second kappa shape index (κ2) is 4.57. The molecule has 16 heavy (non-hydrogen) atoms. The van der Waals surface area contributed by atoms with Gasteiger partial charge >= 0.3 is 0 Å². The molecule has 0 saturated heterocycles. The summed E-state index contributed by atoms with van der Waals surface area (Å²) in [5, 5.41) is 3.04. The lowest BCUT2D eigenvalue weighted by Gasteiger charge is -1.93. The Morgan fingerprint density at radius 1 is 1.44 bits per heavy atom. The second-order valence-corrected chi connectivity index (χ2v) is 3.98. The number of nitrogens with zero attached hydrogens (tertiary/aromatic N) is 4. The van der Waals surface area contributed by atoms with E-state index >= 15 is 0 Å². The highest BCUT2D eigenvalue weighted by molar-refractivity contribution is 7.17. The first-order valence-electron chi connectivity index (χ1n) is 4.41. The number of hydrogen-bond donors (Lipinski definition) is 0. The van der Waals surface area contributed by atoms with Crippen LogP contribution in [0.25, 0.3) is 20.9 Å². The summed E-state index contributed by atoms with van der Waals surface area (Å²) in [6, 6.07) is 7.18. The van der Waals surface area contributed by atoms with Gasteiger partial charge in [0.15, 0.2) is 0 Å². The highest BCUT2D eigenvalue weighted by atomic mass is 32.1. The SMILES string of the molecule is [N-]=[N+]=NC(=O)c1ccc(-c2cccnc2)s1. The molecule has 0 bridgehead atoms. The van der Waals surface area contributed by atoms with Crippen molar-refractivity contribution in [3.05, 3.63) is 52.0 Å². The summed E-state index contributed by atoms with van der Waals surface area (Å²) in [5.41, 5.74) is 9.09. The molecule has 0 spiro atoms. The molecule has 78 valence electrons. The van der Waals surface area contributed by atoms with Crippen LogP contribution < -0.4 is 0 Å². The zero-order valence-electron chi connectivity index (χ0n) is 8.07. The maximum atomic E-state index is 11.3. The molecule has 2 aromatic heterocycles. The quantitative estimate of drug-likeness (QED) is 0.451. The minimum Gasteiger partial charge on any atom is -0.286 e. The minimum atomic E-state index is -0.553. The summed E-state index contributed by atoms with van der Waals surface area (Å²) < 4.78 is 0. The number of hydrogen-bond acceptors (Lipinski definition) is 3. The topological polar surface area (TPSA) is 78.7 Å².